The molecule has 0 fully saturated rings. The van der Waals surface area contributed by atoms with Crippen molar-refractivity contribution in [3.63, 3.8) is 0 Å². The van der Waals surface area contributed by atoms with Crippen LogP contribution in [0.25, 0.3) is 22.1 Å². The van der Waals surface area contributed by atoms with Crippen LogP contribution in [0.4, 0.5) is 0 Å². The summed E-state index contributed by atoms with van der Waals surface area (Å²) in [4.78, 5) is 42.2. The molecule has 0 aliphatic carbocycles. The summed E-state index contributed by atoms with van der Waals surface area (Å²) in [7, 11) is 0. The van der Waals surface area contributed by atoms with Gasteiger partial charge in [0.15, 0.2) is 0 Å². The Hall–Kier alpha value is -2.62. The Bertz CT molecular complexity index is 1230. The van der Waals surface area contributed by atoms with Crippen molar-refractivity contribution < 1.29 is 10.2 Å². The fourth-order valence-electron chi connectivity index (χ4n) is 3.54. The first-order valence-corrected chi connectivity index (χ1v) is 14.0. The second-order valence-corrected chi connectivity index (χ2v) is 9.79. The molecule has 0 spiro atoms. The SMILES string of the molecule is CSC[C@@H](CO)NCc1c[nH]c2c(=O)[nH]cnc12.CSC[C@H](CO)NCc1c[nH]c2c(=O)[nH]cnc12. The van der Waals surface area contributed by atoms with E-state index in [-0.39, 0.29) is 36.4 Å². The molecule has 0 unspecified atom stereocenters. The zero-order valence-corrected chi connectivity index (χ0v) is 21.8. The fraction of sp³-hybridized carbons (Fsp3) is 0.455. The Morgan fingerprint density at radius 1 is 0.778 bits per heavy atom. The summed E-state index contributed by atoms with van der Waals surface area (Å²) in [6.07, 6.45) is 10.3. The summed E-state index contributed by atoms with van der Waals surface area (Å²) >= 11 is 3.35. The fourth-order valence-corrected chi connectivity index (χ4v) is 4.79. The second kappa shape index (κ2) is 14.2. The summed E-state index contributed by atoms with van der Waals surface area (Å²) in [5, 5.41) is 24.9. The predicted octanol–water partition coefficient (Wildman–Crippen LogP) is 0.129. The number of aliphatic hydroxyl groups excluding tert-OH is 2. The molecule has 4 heterocycles. The van der Waals surface area contributed by atoms with Crippen molar-refractivity contribution in [1.82, 2.24) is 40.5 Å². The molecular weight excluding hydrogens is 504 g/mol. The van der Waals surface area contributed by atoms with Crippen LogP contribution < -0.4 is 21.8 Å². The van der Waals surface area contributed by atoms with Crippen LogP contribution in [-0.2, 0) is 13.1 Å². The smallest absolute Gasteiger partial charge is 0.275 e. The Labute approximate surface area is 215 Å². The third-order valence-corrected chi connectivity index (χ3v) is 6.91. The molecule has 4 rings (SSSR count). The maximum atomic E-state index is 11.5. The maximum Gasteiger partial charge on any atom is 0.275 e. The number of aromatic nitrogens is 6. The van der Waals surface area contributed by atoms with Crippen molar-refractivity contribution >= 4 is 45.6 Å². The van der Waals surface area contributed by atoms with Gasteiger partial charge < -0.3 is 40.8 Å². The first kappa shape index (κ1) is 28.0. The summed E-state index contributed by atoms with van der Waals surface area (Å²) in [5.74, 6) is 1.68. The number of aliphatic hydroxyl groups is 2. The minimum atomic E-state index is -0.172. The molecule has 4 aromatic rings. The van der Waals surface area contributed by atoms with Crippen molar-refractivity contribution in [3.8, 4) is 0 Å². The van der Waals surface area contributed by atoms with Gasteiger partial charge in [-0.2, -0.15) is 23.5 Å². The molecule has 14 heteroatoms. The third kappa shape index (κ3) is 7.21. The first-order chi connectivity index (χ1) is 17.5. The van der Waals surface area contributed by atoms with Crippen LogP contribution in [0.3, 0.4) is 0 Å². The molecule has 196 valence electrons. The number of hydrogen-bond donors (Lipinski definition) is 8. The standard InChI is InChI=1S/2C11H16N4O2S/c2*1-18-5-8(4-16)12-2-7-3-13-10-9(7)14-6-15-11(10)17/h2*3,6,8,12-13,16H,2,4-5H2,1H3,(H,14,15,17)/t2*8-/m10/s1. The van der Waals surface area contributed by atoms with Crippen molar-refractivity contribution in [1.29, 1.82) is 0 Å². The Morgan fingerprint density at radius 3 is 1.56 bits per heavy atom. The van der Waals surface area contributed by atoms with Crippen molar-refractivity contribution in [2.24, 2.45) is 0 Å². The van der Waals surface area contributed by atoms with Gasteiger partial charge in [0.25, 0.3) is 11.1 Å². The van der Waals surface area contributed by atoms with Gasteiger partial charge in [0.05, 0.1) is 36.9 Å². The molecule has 12 nitrogen and oxygen atoms in total. The highest BCUT2D eigenvalue weighted by atomic mass is 32.2. The van der Waals surface area contributed by atoms with Crippen molar-refractivity contribution in [2.45, 2.75) is 25.2 Å². The highest BCUT2D eigenvalue weighted by Crippen LogP contribution is 2.12. The van der Waals surface area contributed by atoms with E-state index in [9.17, 15) is 19.8 Å². The first-order valence-electron chi connectivity index (χ1n) is 11.3. The lowest BCUT2D eigenvalue weighted by molar-refractivity contribution is 0.253. The zero-order valence-electron chi connectivity index (χ0n) is 20.1. The van der Waals surface area contributed by atoms with E-state index in [2.05, 4.69) is 40.5 Å². The number of rotatable bonds is 12. The van der Waals surface area contributed by atoms with E-state index < -0.39 is 0 Å². The largest absolute Gasteiger partial charge is 0.395 e. The molecule has 0 bridgehead atoms. The van der Waals surface area contributed by atoms with Crippen LogP contribution in [0.2, 0.25) is 0 Å². The van der Waals surface area contributed by atoms with E-state index >= 15 is 0 Å². The van der Waals surface area contributed by atoms with Crippen molar-refractivity contribution in [3.05, 3.63) is 56.9 Å². The predicted molar refractivity (Wildman–Crippen MR) is 146 cm³/mol. The molecule has 0 saturated heterocycles. The molecule has 0 amide bonds. The number of hydrogen-bond acceptors (Lipinski definition) is 10. The number of aromatic amines is 4. The molecule has 0 radical (unpaired) electrons. The average Bonchev–Trinajstić information content (AvgIpc) is 3.50. The second-order valence-electron chi connectivity index (χ2n) is 7.97. The Kier molecular flexibility index (Phi) is 11.0. The van der Waals surface area contributed by atoms with Crippen LogP contribution in [0, 0.1) is 0 Å². The van der Waals surface area contributed by atoms with Gasteiger partial charge in [-0.25, -0.2) is 9.97 Å². The van der Waals surface area contributed by atoms with Gasteiger partial charge in [-0.3, -0.25) is 9.59 Å². The lowest BCUT2D eigenvalue weighted by Gasteiger charge is -2.14. The number of thioether (sulfide) groups is 2. The maximum absolute atomic E-state index is 11.5. The average molecular weight is 537 g/mol. The number of fused-ring (bicyclic) bond motifs is 2. The van der Waals surface area contributed by atoms with Crippen LogP contribution in [0.1, 0.15) is 11.1 Å². The summed E-state index contributed by atoms with van der Waals surface area (Å²) < 4.78 is 0. The van der Waals surface area contributed by atoms with E-state index in [1.54, 1.807) is 35.9 Å². The highest BCUT2D eigenvalue weighted by molar-refractivity contribution is 7.98. The number of H-pyrrole nitrogens is 4. The van der Waals surface area contributed by atoms with Crippen LogP contribution in [0.5, 0.6) is 0 Å². The van der Waals surface area contributed by atoms with Gasteiger partial charge in [0.2, 0.25) is 0 Å². The molecule has 0 aromatic carbocycles. The zero-order chi connectivity index (χ0) is 25.9. The molecule has 0 aliphatic rings. The topological polar surface area (TPSA) is 188 Å². The molecule has 8 N–H and O–H groups in total. The van der Waals surface area contributed by atoms with Gasteiger partial charge in [0, 0.05) is 60.2 Å². The molecule has 0 aliphatic heterocycles. The lowest BCUT2D eigenvalue weighted by Crippen LogP contribution is -2.34. The molecular formula is C22H32N8O4S2. The highest BCUT2D eigenvalue weighted by Gasteiger charge is 2.11. The summed E-state index contributed by atoms with van der Waals surface area (Å²) in [6.45, 7) is 1.33. The Balaban J connectivity index is 0.000000201. The monoisotopic (exact) mass is 536 g/mol. The van der Waals surface area contributed by atoms with Crippen LogP contribution in [-0.4, -0.2) is 89.4 Å². The van der Waals surface area contributed by atoms with E-state index in [0.717, 1.165) is 22.6 Å². The van der Waals surface area contributed by atoms with E-state index in [1.807, 2.05) is 12.5 Å². The Morgan fingerprint density at radius 2 is 1.19 bits per heavy atom. The van der Waals surface area contributed by atoms with Gasteiger partial charge in [-0.15, -0.1) is 0 Å². The summed E-state index contributed by atoms with van der Waals surface area (Å²) in [5.41, 5.74) is 3.83. The normalized spacial score (nSPS) is 13.0. The minimum Gasteiger partial charge on any atom is -0.395 e. The number of nitrogens with one attached hydrogen (secondary N) is 6. The number of nitrogens with zero attached hydrogens (tertiary/aromatic N) is 2. The molecule has 4 aromatic heterocycles. The van der Waals surface area contributed by atoms with E-state index in [4.69, 9.17) is 0 Å². The van der Waals surface area contributed by atoms with Crippen LogP contribution >= 0.6 is 23.5 Å². The summed E-state index contributed by atoms with van der Waals surface area (Å²) in [6, 6.07) is 0.0962. The van der Waals surface area contributed by atoms with E-state index in [0.29, 0.717) is 35.2 Å². The molecule has 0 saturated carbocycles. The minimum absolute atomic E-state index is 0.0481. The van der Waals surface area contributed by atoms with Gasteiger partial charge in [-0.05, 0) is 12.5 Å². The van der Waals surface area contributed by atoms with Crippen LogP contribution in [0.15, 0.2) is 34.6 Å². The van der Waals surface area contributed by atoms with Crippen molar-refractivity contribution in [2.75, 3.05) is 37.2 Å². The quantitative estimate of drug-likeness (QED) is 0.124. The van der Waals surface area contributed by atoms with Gasteiger partial charge >= 0.3 is 0 Å². The third-order valence-electron chi connectivity index (χ3n) is 5.43. The van der Waals surface area contributed by atoms with E-state index in [1.165, 1.54) is 12.7 Å². The molecule has 36 heavy (non-hydrogen) atoms. The molecule has 2 atom stereocenters. The van der Waals surface area contributed by atoms with Gasteiger partial charge in [-0.1, -0.05) is 0 Å². The lowest BCUT2D eigenvalue weighted by atomic mass is 10.2. The van der Waals surface area contributed by atoms with Gasteiger partial charge in [0.1, 0.15) is 11.0 Å².